The number of carbonyl (C=O) groups is 1. The zero-order valence-electron chi connectivity index (χ0n) is 21.7. The Morgan fingerprint density at radius 2 is 1.95 bits per heavy atom. The van der Waals surface area contributed by atoms with Crippen LogP contribution in [0.25, 0.3) is 5.65 Å². The van der Waals surface area contributed by atoms with Crippen molar-refractivity contribution in [2.24, 2.45) is 0 Å². The van der Waals surface area contributed by atoms with Gasteiger partial charge in [-0.1, -0.05) is 11.6 Å². The highest BCUT2D eigenvalue weighted by atomic mass is 35.5. The Hall–Kier alpha value is -3.75. The Morgan fingerprint density at radius 3 is 2.67 bits per heavy atom. The summed E-state index contributed by atoms with van der Waals surface area (Å²) in [6.45, 7) is 2.91. The van der Waals surface area contributed by atoms with Crippen LogP contribution in [0, 0.1) is 0 Å². The van der Waals surface area contributed by atoms with Crippen LogP contribution in [0.5, 0.6) is 0 Å². The fourth-order valence-electron chi connectivity index (χ4n) is 5.11. The quantitative estimate of drug-likeness (QED) is 0.253. The summed E-state index contributed by atoms with van der Waals surface area (Å²) in [6.07, 6.45) is 3.16. The molecule has 0 unspecified atom stereocenters. The highest BCUT2D eigenvalue weighted by Gasteiger charge is 2.42. The topological polar surface area (TPSA) is 173 Å². The lowest BCUT2D eigenvalue weighted by Crippen LogP contribution is -2.59. The number of anilines is 6. The lowest BCUT2D eigenvalue weighted by Gasteiger charge is -2.46. The molecule has 7 N–H and O–H groups in total. The van der Waals surface area contributed by atoms with Crippen molar-refractivity contribution in [2.45, 2.75) is 37.1 Å². The van der Waals surface area contributed by atoms with E-state index < -0.39 is 6.09 Å². The number of hydrogen-bond acceptors (Lipinski definition) is 12. The first-order chi connectivity index (χ1) is 18.8. The molecule has 14 nitrogen and oxygen atoms in total. The SMILES string of the molecule is COC(=O)N[C@H]1CN(C2CN(c3cc(N)cc(Nc4nc(NC5CC5)c5ncc(N)n5n4)c3Cl)C2)C[C@@H]1OC. The van der Waals surface area contributed by atoms with Gasteiger partial charge in [0.05, 0.1) is 41.8 Å². The predicted octanol–water partition coefficient (Wildman–Crippen LogP) is 1.50. The number of nitrogens with one attached hydrogen (secondary N) is 3. The fourth-order valence-corrected chi connectivity index (χ4v) is 5.39. The molecular formula is C24H32ClN11O3. The van der Waals surface area contributed by atoms with Gasteiger partial charge >= 0.3 is 6.09 Å². The van der Waals surface area contributed by atoms with Crippen LogP contribution >= 0.6 is 11.6 Å². The van der Waals surface area contributed by atoms with Gasteiger partial charge in [-0.2, -0.15) is 9.50 Å². The molecule has 1 aliphatic carbocycles. The summed E-state index contributed by atoms with van der Waals surface area (Å²) in [5.74, 6) is 1.33. The number of hydrogen-bond donors (Lipinski definition) is 5. The van der Waals surface area contributed by atoms with Crippen molar-refractivity contribution in [1.82, 2.24) is 29.8 Å². The third kappa shape index (κ3) is 5.02. The highest BCUT2D eigenvalue weighted by Crippen LogP contribution is 2.39. The van der Waals surface area contributed by atoms with Gasteiger partial charge in [0.2, 0.25) is 5.95 Å². The lowest BCUT2D eigenvalue weighted by atomic mass is 10.1. The van der Waals surface area contributed by atoms with Crippen molar-refractivity contribution >= 4 is 58.0 Å². The number of carbonyl (C=O) groups excluding carboxylic acids is 1. The second-order valence-electron chi connectivity index (χ2n) is 10.2. The van der Waals surface area contributed by atoms with E-state index in [4.69, 9.17) is 32.5 Å². The van der Waals surface area contributed by atoms with Crippen LogP contribution in [0.3, 0.4) is 0 Å². The molecule has 1 amide bonds. The molecule has 3 fully saturated rings. The van der Waals surface area contributed by atoms with Crippen LogP contribution in [0.2, 0.25) is 5.02 Å². The lowest BCUT2D eigenvalue weighted by molar-refractivity contribution is 0.0812. The van der Waals surface area contributed by atoms with Gasteiger partial charge in [0, 0.05) is 51.1 Å². The number of benzene rings is 1. The number of nitrogens with zero attached hydrogens (tertiary/aromatic N) is 6. The van der Waals surface area contributed by atoms with Crippen LogP contribution in [0.15, 0.2) is 18.3 Å². The molecule has 3 aliphatic rings. The second kappa shape index (κ2) is 10.1. The minimum absolute atomic E-state index is 0.105. The normalized spacial score (nSPS) is 21.7. The van der Waals surface area contributed by atoms with Gasteiger partial charge in [0.25, 0.3) is 0 Å². The number of aromatic nitrogens is 4. The fraction of sp³-hybridized carbons (Fsp3) is 0.500. The minimum atomic E-state index is -0.458. The third-order valence-corrected chi connectivity index (χ3v) is 7.83. The van der Waals surface area contributed by atoms with E-state index in [0.29, 0.717) is 52.2 Å². The van der Waals surface area contributed by atoms with E-state index >= 15 is 0 Å². The molecule has 2 atom stereocenters. The Labute approximate surface area is 230 Å². The summed E-state index contributed by atoms with van der Waals surface area (Å²) in [5, 5.41) is 14.5. The van der Waals surface area contributed by atoms with Gasteiger partial charge < -0.3 is 41.8 Å². The molecule has 4 heterocycles. The van der Waals surface area contributed by atoms with E-state index in [2.05, 4.69) is 40.8 Å². The van der Waals surface area contributed by atoms with Crippen LogP contribution < -0.4 is 32.3 Å². The molecule has 208 valence electrons. The molecule has 39 heavy (non-hydrogen) atoms. The van der Waals surface area contributed by atoms with Crippen molar-refractivity contribution < 1.29 is 14.3 Å². The van der Waals surface area contributed by atoms with Gasteiger partial charge in [-0.25, -0.2) is 9.78 Å². The van der Waals surface area contributed by atoms with Crippen molar-refractivity contribution in [3.63, 3.8) is 0 Å². The summed E-state index contributed by atoms with van der Waals surface area (Å²) in [7, 11) is 3.01. The summed E-state index contributed by atoms with van der Waals surface area (Å²) in [6, 6.07) is 4.15. The third-order valence-electron chi connectivity index (χ3n) is 7.43. The van der Waals surface area contributed by atoms with Gasteiger partial charge in [0.15, 0.2) is 11.5 Å². The summed E-state index contributed by atoms with van der Waals surface area (Å²) in [5.41, 5.74) is 14.9. The number of methoxy groups -OCH3 is 2. The number of ether oxygens (including phenoxy) is 2. The molecule has 0 radical (unpaired) electrons. The number of amides is 1. The number of imidazole rings is 1. The maximum Gasteiger partial charge on any atom is 0.407 e. The molecule has 2 aromatic heterocycles. The van der Waals surface area contributed by atoms with E-state index in [1.54, 1.807) is 23.9 Å². The molecule has 1 aromatic carbocycles. The number of rotatable bonds is 8. The van der Waals surface area contributed by atoms with E-state index in [1.165, 1.54) is 7.11 Å². The number of likely N-dealkylation sites (tertiary alicyclic amines) is 1. The maximum atomic E-state index is 11.7. The first-order valence-electron chi connectivity index (χ1n) is 12.8. The Balaban J connectivity index is 1.17. The summed E-state index contributed by atoms with van der Waals surface area (Å²) in [4.78, 5) is 25.2. The van der Waals surface area contributed by atoms with Crippen LogP contribution in [0.1, 0.15) is 12.8 Å². The van der Waals surface area contributed by atoms with Crippen LogP contribution in [-0.4, -0.2) is 95.2 Å². The zero-order chi connectivity index (χ0) is 27.3. The van der Waals surface area contributed by atoms with Gasteiger partial charge in [0.1, 0.15) is 5.82 Å². The number of nitrogen functional groups attached to an aromatic ring is 2. The molecular weight excluding hydrogens is 526 g/mol. The maximum absolute atomic E-state index is 11.7. The second-order valence-corrected chi connectivity index (χ2v) is 10.6. The molecule has 15 heteroatoms. The number of fused-ring (bicyclic) bond motifs is 1. The monoisotopic (exact) mass is 557 g/mol. The van der Waals surface area contributed by atoms with Gasteiger partial charge in [-0.3, -0.25) is 4.90 Å². The molecule has 1 saturated carbocycles. The summed E-state index contributed by atoms with van der Waals surface area (Å²) >= 11 is 6.88. The van der Waals surface area contributed by atoms with Crippen LogP contribution in [0.4, 0.5) is 39.4 Å². The van der Waals surface area contributed by atoms with Crippen molar-refractivity contribution in [2.75, 3.05) is 67.4 Å². The molecule has 3 aromatic rings. The first-order valence-corrected chi connectivity index (χ1v) is 13.2. The standard InChI is InChI=1S/C24H32ClN11O3/c1-38-18-11-34(10-16(18)31-24(37)39-2)14-8-35(9-14)17-6-12(26)5-15(20(17)25)30-23-32-21(29-13-3-4-13)22-28-7-19(27)36(22)33-23/h5-7,13-14,16,18H,3-4,8-11,26-27H2,1-2H3,(H,31,37)(H2,29,30,32,33)/t16-,18-/m0/s1. The molecule has 2 saturated heterocycles. The number of nitrogens with two attached hydrogens (primary N) is 2. The Morgan fingerprint density at radius 1 is 1.15 bits per heavy atom. The largest absolute Gasteiger partial charge is 0.453 e. The van der Waals surface area contributed by atoms with E-state index in [9.17, 15) is 4.79 Å². The number of halogens is 1. The molecule has 0 bridgehead atoms. The van der Waals surface area contributed by atoms with Crippen molar-refractivity contribution in [1.29, 1.82) is 0 Å². The molecule has 6 rings (SSSR count). The Kier molecular flexibility index (Phi) is 6.61. The average molecular weight is 558 g/mol. The van der Waals surface area contributed by atoms with E-state index in [-0.39, 0.29) is 18.2 Å². The highest BCUT2D eigenvalue weighted by molar-refractivity contribution is 6.36. The molecule has 0 spiro atoms. The van der Waals surface area contributed by atoms with Gasteiger partial charge in [-0.05, 0) is 25.0 Å². The average Bonchev–Trinajstić information content (AvgIpc) is 3.50. The van der Waals surface area contributed by atoms with E-state index in [1.807, 2.05) is 6.07 Å². The first kappa shape index (κ1) is 25.5. The zero-order valence-corrected chi connectivity index (χ0v) is 22.5. The van der Waals surface area contributed by atoms with Crippen molar-refractivity contribution in [3.8, 4) is 0 Å². The van der Waals surface area contributed by atoms with E-state index in [0.717, 1.165) is 38.2 Å². The number of alkyl carbamates (subject to hydrolysis) is 1. The van der Waals surface area contributed by atoms with Crippen LogP contribution in [-0.2, 0) is 9.47 Å². The predicted molar refractivity (Wildman–Crippen MR) is 149 cm³/mol. The molecule has 2 aliphatic heterocycles. The van der Waals surface area contributed by atoms with Crippen molar-refractivity contribution in [3.05, 3.63) is 23.4 Å². The minimum Gasteiger partial charge on any atom is -0.453 e. The summed E-state index contributed by atoms with van der Waals surface area (Å²) < 4.78 is 11.9. The Bertz CT molecular complexity index is 1390. The smallest absolute Gasteiger partial charge is 0.407 e. The van der Waals surface area contributed by atoms with Gasteiger partial charge in [-0.15, -0.1) is 5.10 Å².